The number of aryl methyl sites for hydroxylation is 2. The number of amides is 1. The molecule has 0 atom stereocenters. The molecule has 0 aliphatic heterocycles. The number of nitriles is 1. The highest BCUT2D eigenvalue weighted by Gasteiger charge is 2.13. The Balaban J connectivity index is 1.81. The Morgan fingerprint density at radius 3 is 2.48 bits per heavy atom. The lowest BCUT2D eigenvalue weighted by molar-refractivity contribution is -0.384. The molecule has 7 nitrogen and oxygen atoms in total. The molecule has 0 aliphatic rings. The molecule has 0 aromatic heterocycles. The number of nitro benzene ring substituents is 1. The Bertz CT molecular complexity index is 1280. The summed E-state index contributed by atoms with van der Waals surface area (Å²) in [7, 11) is 0. The average Bonchev–Trinajstić information content (AvgIpc) is 2.79. The minimum absolute atomic E-state index is 0.000501. The van der Waals surface area contributed by atoms with Gasteiger partial charge >= 0.3 is 0 Å². The van der Waals surface area contributed by atoms with Gasteiger partial charge in [0.15, 0.2) is 0 Å². The minimum Gasteiger partial charge on any atom is -0.488 e. The third-order valence-electron chi connectivity index (χ3n) is 4.94. The Morgan fingerprint density at radius 2 is 1.85 bits per heavy atom. The van der Waals surface area contributed by atoms with Crippen molar-refractivity contribution in [1.82, 2.24) is 0 Å². The fourth-order valence-corrected chi connectivity index (χ4v) is 3.34. The van der Waals surface area contributed by atoms with Crippen LogP contribution in [0.15, 0.2) is 70.7 Å². The van der Waals surface area contributed by atoms with E-state index < -0.39 is 10.8 Å². The van der Waals surface area contributed by atoms with Crippen molar-refractivity contribution in [3.63, 3.8) is 0 Å². The molecule has 0 unspecified atom stereocenters. The van der Waals surface area contributed by atoms with Crippen LogP contribution >= 0.6 is 15.9 Å². The van der Waals surface area contributed by atoms with E-state index in [-0.39, 0.29) is 17.9 Å². The van der Waals surface area contributed by atoms with E-state index >= 15 is 0 Å². The molecule has 0 saturated heterocycles. The predicted molar refractivity (Wildman–Crippen MR) is 130 cm³/mol. The van der Waals surface area contributed by atoms with Crippen molar-refractivity contribution < 1.29 is 14.5 Å². The van der Waals surface area contributed by atoms with Gasteiger partial charge in [0.05, 0.1) is 4.92 Å². The van der Waals surface area contributed by atoms with E-state index in [2.05, 4.69) is 21.2 Å². The highest BCUT2D eigenvalue weighted by Crippen LogP contribution is 2.27. The van der Waals surface area contributed by atoms with Crippen LogP contribution < -0.4 is 10.1 Å². The van der Waals surface area contributed by atoms with Gasteiger partial charge in [-0.25, -0.2) is 0 Å². The first kappa shape index (κ1) is 23.7. The standard InChI is InChI=1S/C25H20BrN3O4/c1-16-3-7-22(11-17(16)2)28-25(30)20(14-27)12-19-13-21(26)6-10-24(19)33-15-18-4-8-23(9-5-18)29(31)32/h3-13H,15H2,1-2H3,(H,28,30)/b20-12+. The van der Waals surface area contributed by atoms with Crippen LogP contribution in [0.5, 0.6) is 5.75 Å². The van der Waals surface area contributed by atoms with Gasteiger partial charge < -0.3 is 10.1 Å². The minimum atomic E-state index is -0.526. The summed E-state index contributed by atoms with van der Waals surface area (Å²) in [5.41, 5.74) is 3.95. The van der Waals surface area contributed by atoms with Crippen molar-refractivity contribution >= 4 is 39.3 Å². The molecule has 0 aliphatic carbocycles. The van der Waals surface area contributed by atoms with Crippen molar-refractivity contribution in [2.45, 2.75) is 20.5 Å². The second-order valence-corrected chi connectivity index (χ2v) is 8.23. The van der Waals surface area contributed by atoms with Gasteiger partial charge in [0, 0.05) is 27.9 Å². The summed E-state index contributed by atoms with van der Waals surface area (Å²) >= 11 is 3.40. The molecule has 3 aromatic carbocycles. The van der Waals surface area contributed by atoms with Gasteiger partial charge in [-0.1, -0.05) is 22.0 Å². The summed E-state index contributed by atoms with van der Waals surface area (Å²) in [6.07, 6.45) is 1.46. The summed E-state index contributed by atoms with van der Waals surface area (Å²) in [6, 6.07) is 18.8. The summed E-state index contributed by atoms with van der Waals surface area (Å²) in [5, 5.41) is 23.1. The molecule has 0 saturated carbocycles. The van der Waals surface area contributed by atoms with E-state index in [9.17, 15) is 20.2 Å². The number of carbonyl (C=O) groups excluding carboxylic acids is 1. The Labute approximate surface area is 199 Å². The molecule has 33 heavy (non-hydrogen) atoms. The molecule has 0 fully saturated rings. The lowest BCUT2D eigenvalue weighted by Crippen LogP contribution is -2.13. The fraction of sp³-hybridized carbons (Fsp3) is 0.120. The monoisotopic (exact) mass is 505 g/mol. The quantitative estimate of drug-likeness (QED) is 0.181. The normalized spacial score (nSPS) is 10.9. The van der Waals surface area contributed by atoms with Crippen LogP contribution in [0.25, 0.3) is 6.08 Å². The Morgan fingerprint density at radius 1 is 1.12 bits per heavy atom. The first-order valence-corrected chi connectivity index (χ1v) is 10.7. The largest absolute Gasteiger partial charge is 0.488 e. The zero-order valence-corrected chi connectivity index (χ0v) is 19.5. The number of nitrogens with one attached hydrogen (secondary N) is 1. The molecule has 1 amide bonds. The third kappa shape index (κ3) is 6.28. The molecule has 1 N–H and O–H groups in total. The number of halogens is 1. The molecule has 166 valence electrons. The van der Waals surface area contributed by atoms with Crippen molar-refractivity contribution in [3.05, 3.63) is 103 Å². The number of benzene rings is 3. The van der Waals surface area contributed by atoms with Crippen LogP contribution in [-0.2, 0) is 11.4 Å². The smallest absolute Gasteiger partial charge is 0.269 e. The molecule has 0 bridgehead atoms. The van der Waals surface area contributed by atoms with Gasteiger partial charge in [0.2, 0.25) is 0 Å². The van der Waals surface area contributed by atoms with Crippen LogP contribution in [0.3, 0.4) is 0 Å². The lowest BCUT2D eigenvalue weighted by atomic mass is 10.1. The fourth-order valence-electron chi connectivity index (χ4n) is 2.96. The van der Waals surface area contributed by atoms with E-state index in [0.29, 0.717) is 17.0 Å². The van der Waals surface area contributed by atoms with E-state index in [4.69, 9.17) is 4.74 Å². The van der Waals surface area contributed by atoms with Crippen LogP contribution in [0.1, 0.15) is 22.3 Å². The number of ether oxygens (including phenoxy) is 1. The van der Waals surface area contributed by atoms with Crippen LogP contribution in [0.4, 0.5) is 11.4 Å². The molecule has 3 aromatic rings. The molecule has 0 heterocycles. The SMILES string of the molecule is Cc1ccc(NC(=O)/C(C#N)=C/c2cc(Br)ccc2OCc2ccc([N+](=O)[O-])cc2)cc1C. The van der Waals surface area contributed by atoms with Crippen molar-refractivity contribution in [2.24, 2.45) is 0 Å². The van der Waals surface area contributed by atoms with Crippen LogP contribution in [-0.4, -0.2) is 10.8 Å². The van der Waals surface area contributed by atoms with E-state index in [1.165, 1.54) is 18.2 Å². The van der Waals surface area contributed by atoms with Crippen molar-refractivity contribution in [2.75, 3.05) is 5.32 Å². The van der Waals surface area contributed by atoms with Crippen molar-refractivity contribution in [3.8, 4) is 11.8 Å². The van der Waals surface area contributed by atoms with Gasteiger partial charge in [0.25, 0.3) is 11.6 Å². The van der Waals surface area contributed by atoms with Crippen LogP contribution in [0.2, 0.25) is 0 Å². The lowest BCUT2D eigenvalue weighted by Gasteiger charge is -2.11. The molecular weight excluding hydrogens is 486 g/mol. The maximum atomic E-state index is 12.7. The molecule has 0 spiro atoms. The zero-order chi connectivity index (χ0) is 24.0. The number of carbonyl (C=O) groups is 1. The number of hydrogen-bond donors (Lipinski definition) is 1. The first-order chi connectivity index (χ1) is 15.8. The van der Waals surface area contributed by atoms with E-state index in [1.54, 1.807) is 36.4 Å². The van der Waals surface area contributed by atoms with E-state index in [1.807, 2.05) is 32.0 Å². The predicted octanol–water partition coefficient (Wildman–Crippen LogP) is 6.10. The number of nitrogens with zero attached hydrogens (tertiary/aromatic N) is 2. The molecule has 8 heteroatoms. The van der Waals surface area contributed by atoms with Crippen molar-refractivity contribution in [1.29, 1.82) is 5.26 Å². The number of anilines is 1. The summed E-state index contributed by atoms with van der Waals surface area (Å²) < 4.78 is 6.63. The zero-order valence-electron chi connectivity index (χ0n) is 18.0. The van der Waals surface area contributed by atoms with E-state index in [0.717, 1.165) is 21.2 Å². The molecule has 3 rings (SSSR count). The topological polar surface area (TPSA) is 105 Å². The second-order valence-electron chi connectivity index (χ2n) is 7.32. The maximum absolute atomic E-state index is 12.7. The van der Waals surface area contributed by atoms with Gasteiger partial charge in [-0.15, -0.1) is 0 Å². The van der Waals surface area contributed by atoms with Gasteiger partial charge in [-0.2, -0.15) is 5.26 Å². The maximum Gasteiger partial charge on any atom is 0.269 e. The number of hydrogen-bond acceptors (Lipinski definition) is 5. The number of non-ortho nitro benzene ring substituents is 1. The number of nitro groups is 1. The first-order valence-electron chi connectivity index (χ1n) is 9.93. The Kier molecular flexibility index (Phi) is 7.59. The summed E-state index contributed by atoms with van der Waals surface area (Å²) in [6.45, 7) is 4.09. The molecular formula is C25H20BrN3O4. The molecule has 0 radical (unpaired) electrons. The average molecular weight is 506 g/mol. The second kappa shape index (κ2) is 10.6. The van der Waals surface area contributed by atoms with Crippen LogP contribution in [0, 0.1) is 35.3 Å². The number of rotatable bonds is 7. The summed E-state index contributed by atoms with van der Waals surface area (Å²) in [5.74, 6) is -0.0645. The highest BCUT2D eigenvalue weighted by molar-refractivity contribution is 9.10. The third-order valence-corrected chi connectivity index (χ3v) is 5.44. The van der Waals surface area contributed by atoms with Gasteiger partial charge in [-0.05, 0) is 79.1 Å². The highest BCUT2D eigenvalue weighted by atomic mass is 79.9. The Hall–Kier alpha value is -3.96. The van der Waals surface area contributed by atoms with Gasteiger partial charge in [-0.3, -0.25) is 14.9 Å². The van der Waals surface area contributed by atoms with Gasteiger partial charge in [0.1, 0.15) is 24.0 Å². The summed E-state index contributed by atoms with van der Waals surface area (Å²) in [4.78, 5) is 23.0.